The summed E-state index contributed by atoms with van der Waals surface area (Å²) in [6.45, 7) is 0.691. The molecule has 1 saturated carbocycles. The molecule has 0 radical (unpaired) electrons. The summed E-state index contributed by atoms with van der Waals surface area (Å²) in [6.07, 6.45) is 8.85. The van der Waals surface area contributed by atoms with Crippen LogP contribution in [0.4, 0.5) is 0 Å². The van der Waals surface area contributed by atoms with Crippen molar-refractivity contribution in [3.63, 3.8) is 0 Å². The summed E-state index contributed by atoms with van der Waals surface area (Å²) in [5, 5.41) is 3.18. The molecule has 17 heavy (non-hydrogen) atoms. The quantitative estimate of drug-likeness (QED) is 0.839. The molecule has 1 aromatic rings. The molecule has 2 rings (SSSR count). The van der Waals surface area contributed by atoms with Gasteiger partial charge in [0.15, 0.2) is 0 Å². The Morgan fingerprint density at radius 1 is 1.41 bits per heavy atom. The van der Waals surface area contributed by atoms with Crippen LogP contribution in [0.3, 0.4) is 0 Å². The first-order valence-corrected chi connectivity index (χ1v) is 6.36. The van der Waals surface area contributed by atoms with E-state index in [4.69, 9.17) is 11.6 Å². The van der Waals surface area contributed by atoms with Crippen molar-refractivity contribution in [1.82, 2.24) is 15.3 Å². The maximum Gasteiger partial charge on any atom is 0.254 e. The first-order chi connectivity index (χ1) is 8.25. The van der Waals surface area contributed by atoms with Gasteiger partial charge in [-0.3, -0.25) is 4.79 Å². The highest BCUT2D eigenvalue weighted by molar-refractivity contribution is 6.20. The average molecular weight is 254 g/mol. The van der Waals surface area contributed by atoms with Gasteiger partial charge in [0, 0.05) is 24.3 Å². The first kappa shape index (κ1) is 12.3. The van der Waals surface area contributed by atoms with E-state index in [-0.39, 0.29) is 11.3 Å². The Morgan fingerprint density at radius 2 is 2.18 bits per heavy atom. The number of hydrogen-bond acceptors (Lipinski definition) is 3. The number of halogens is 1. The topological polar surface area (TPSA) is 54.9 Å². The van der Waals surface area contributed by atoms with Crippen molar-refractivity contribution in [2.24, 2.45) is 5.92 Å². The Morgan fingerprint density at radius 3 is 2.88 bits per heavy atom. The molecule has 1 heterocycles. The molecule has 1 N–H and O–H groups in total. The van der Waals surface area contributed by atoms with Gasteiger partial charge in [-0.05, 0) is 25.2 Å². The zero-order chi connectivity index (χ0) is 12.1. The second-order valence-electron chi connectivity index (χ2n) is 4.47. The molecule has 5 heteroatoms. The van der Waals surface area contributed by atoms with Crippen LogP contribution in [-0.4, -0.2) is 27.8 Å². The van der Waals surface area contributed by atoms with E-state index < -0.39 is 0 Å². The molecule has 0 bridgehead atoms. The van der Waals surface area contributed by atoms with Gasteiger partial charge in [-0.25, -0.2) is 9.97 Å². The second kappa shape index (κ2) is 5.96. The summed E-state index contributed by atoms with van der Waals surface area (Å²) in [6, 6.07) is 0. The van der Waals surface area contributed by atoms with Gasteiger partial charge in [-0.15, -0.1) is 11.6 Å². The molecule has 1 aliphatic rings. The molecule has 92 valence electrons. The van der Waals surface area contributed by atoms with Crippen molar-refractivity contribution < 1.29 is 4.79 Å². The summed E-state index contributed by atoms with van der Waals surface area (Å²) in [4.78, 5) is 19.4. The van der Waals surface area contributed by atoms with Crippen molar-refractivity contribution >= 4 is 17.5 Å². The van der Waals surface area contributed by atoms with Crippen LogP contribution in [-0.2, 0) is 0 Å². The zero-order valence-corrected chi connectivity index (χ0v) is 10.4. The summed E-state index contributed by atoms with van der Waals surface area (Å²) in [5.74, 6) is 0.391. The van der Waals surface area contributed by atoms with Gasteiger partial charge in [0.25, 0.3) is 5.91 Å². The summed E-state index contributed by atoms with van der Waals surface area (Å²) >= 11 is 6.11. The Balaban J connectivity index is 1.80. The lowest BCUT2D eigenvalue weighted by Crippen LogP contribution is -2.32. The minimum absolute atomic E-state index is 0.109. The van der Waals surface area contributed by atoms with Crippen LogP contribution in [0.15, 0.2) is 18.7 Å². The van der Waals surface area contributed by atoms with Gasteiger partial charge in [0.2, 0.25) is 0 Å². The number of rotatable bonds is 3. The van der Waals surface area contributed by atoms with E-state index in [0.717, 1.165) is 25.7 Å². The number of amides is 1. The number of carbonyl (C=O) groups is 1. The second-order valence-corrected chi connectivity index (χ2v) is 5.08. The molecular formula is C12H16ClN3O. The monoisotopic (exact) mass is 253 g/mol. The average Bonchev–Trinajstić information content (AvgIpc) is 2.37. The normalized spacial score (nSPS) is 24.3. The van der Waals surface area contributed by atoms with Crippen LogP contribution in [0.2, 0.25) is 0 Å². The fraction of sp³-hybridized carbons (Fsp3) is 0.583. The highest BCUT2D eigenvalue weighted by Crippen LogP contribution is 2.27. The number of alkyl halides is 1. The lowest BCUT2D eigenvalue weighted by atomic mass is 9.89. The molecule has 0 aliphatic heterocycles. The number of carbonyl (C=O) groups excluding carboxylic acids is 1. The Bertz CT molecular complexity index is 371. The van der Waals surface area contributed by atoms with Gasteiger partial charge >= 0.3 is 0 Å². The van der Waals surface area contributed by atoms with Crippen LogP contribution in [0.5, 0.6) is 0 Å². The maximum absolute atomic E-state index is 11.7. The van der Waals surface area contributed by atoms with Gasteiger partial charge < -0.3 is 5.32 Å². The van der Waals surface area contributed by atoms with Gasteiger partial charge in [-0.1, -0.05) is 6.42 Å². The van der Waals surface area contributed by atoms with E-state index in [1.807, 2.05) is 0 Å². The van der Waals surface area contributed by atoms with Gasteiger partial charge in [-0.2, -0.15) is 0 Å². The molecule has 2 unspecified atom stereocenters. The molecule has 0 spiro atoms. The summed E-state index contributed by atoms with van der Waals surface area (Å²) in [5.41, 5.74) is 0.505. The molecule has 1 aliphatic carbocycles. The fourth-order valence-corrected chi connectivity index (χ4v) is 2.57. The zero-order valence-electron chi connectivity index (χ0n) is 9.60. The molecule has 0 saturated heterocycles. The first-order valence-electron chi connectivity index (χ1n) is 5.93. The fourth-order valence-electron chi connectivity index (χ4n) is 2.17. The van der Waals surface area contributed by atoms with Crippen LogP contribution >= 0.6 is 11.6 Å². The van der Waals surface area contributed by atoms with Crippen molar-refractivity contribution in [1.29, 1.82) is 0 Å². The Labute approximate surface area is 106 Å². The third-order valence-corrected chi connectivity index (χ3v) is 3.49. The highest BCUT2D eigenvalue weighted by Gasteiger charge is 2.20. The molecular weight excluding hydrogens is 238 g/mol. The van der Waals surface area contributed by atoms with Gasteiger partial charge in [0.05, 0.1) is 5.56 Å². The van der Waals surface area contributed by atoms with Crippen LogP contribution in [0, 0.1) is 5.92 Å². The van der Waals surface area contributed by atoms with Crippen LogP contribution in [0.25, 0.3) is 0 Å². The summed E-state index contributed by atoms with van der Waals surface area (Å²) in [7, 11) is 0. The Hall–Kier alpha value is -1.16. The van der Waals surface area contributed by atoms with E-state index in [1.165, 1.54) is 18.7 Å². The largest absolute Gasteiger partial charge is 0.352 e. The van der Waals surface area contributed by atoms with Crippen molar-refractivity contribution in [2.45, 2.75) is 31.1 Å². The van der Waals surface area contributed by atoms with E-state index in [2.05, 4.69) is 15.3 Å². The summed E-state index contributed by atoms with van der Waals surface area (Å²) < 4.78 is 0. The molecule has 2 atom stereocenters. The van der Waals surface area contributed by atoms with Crippen molar-refractivity contribution in [3.8, 4) is 0 Å². The third-order valence-electron chi connectivity index (χ3n) is 3.09. The molecule has 1 aromatic heterocycles. The number of hydrogen-bond donors (Lipinski definition) is 1. The van der Waals surface area contributed by atoms with Crippen molar-refractivity contribution in [2.75, 3.05) is 6.54 Å². The number of nitrogens with one attached hydrogen (secondary N) is 1. The standard InChI is InChI=1S/C12H16ClN3O/c13-11-3-1-2-9(4-11)5-16-12(17)10-6-14-8-15-7-10/h6-9,11H,1-5H2,(H,16,17). The third kappa shape index (κ3) is 3.66. The minimum atomic E-state index is -0.109. The lowest BCUT2D eigenvalue weighted by Gasteiger charge is -2.25. The lowest BCUT2D eigenvalue weighted by molar-refractivity contribution is 0.0943. The van der Waals surface area contributed by atoms with Gasteiger partial charge in [0.1, 0.15) is 6.33 Å². The molecule has 4 nitrogen and oxygen atoms in total. The minimum Gasteiger partial charge on any atom is -0.352 e. The molecule has 0 aromatic carbocycles. The van der Waals surface area contributed by atoms with E-state index in [0.29, 0.717) is 18.0 Å². The van der Waals surface area contributed by atoms with E-state index in [1.54, 1.807) is 0 Å². The smallest absolute Gasteiger partial charge is 0.254 e. The number of aromatic nitrogens is 2. The van der Waals surface area contributed by atoms with Crippen LogP contribution < -0.4 is 5.32 Å². The molecule has 1 fully saturated rings. The molecule has 1 amide bonds. The maximum atomic E-state index is 11.7. The predicted molar refractivity (Wildman–Crippen MR) is 66.0 cm³/mol. The van der Waals surface area contributed by atoms with Crippen molar-refractivity contribution in [3.05, 3.63) is 24.3 Å². The van der Waals surface area contributed by atoms with E-state index in [9.17, 15) is 4.79 Å². The predicted octanol–water partition coefficient (Wildman–Crippen LogP) is 2.00. The SMILES string of the molecule is O=C(NCC1CCCC(Cl)C1)c1cncnc1. The number of nitrogens with zero attached hydrogens (tertiary/aromatic N) is 2. The highest BCUT2D eigenvalue weighted by atomic mass is 35.5. The van der Waals surface area contributed by atoms with E-state index >= 15 is 0 Å². The van der Waals surface area contributed by atoms with Crippen LogP contribution in [0.1, 0.15) is 36.0 Å². The Kier molecular flexibility index (Phi) is 4.31.